The van der Waals surface area contributed by atoms with Gasteiger partial charge >= 0.3 is 0 Å². The topological polar surface area (TPSA) is 54.6 Å². The van der Waals surface area contributed by atoms with Gasteiger partial charge in [-0.2, -0.15) is 0 Å². The molecule has 2 aliphatic heterocycles. The van der Waals surface area contributed by atoms with Crippen molar-refractivity contribution in [2.75, 3.05) is 50.8 Å². The van der Waals surface area contributed by atoms with Gasteiger partial charge in [0.25, 0.3) is 0 Å². The molecule has 0 radical (unpaired) electrons. The van der Waals surface area contributed by atoms with Gasteiger partial charge in [0.15, 0.2) is 5.13 Å². The summed E-state index contributed by atoms with van der Waals surface area (Å²) in [6.45, 7) is 9.89. The third-order valence-corrected chi connectivity index (χ3v) is 5.38. The summed E-state index contributed by atoms with van der Waals surface area (Å²) in [7, 11) is 0. The van der Waals surface area contributed by atoms with E-state index < -0.39 is 0 Å². The van der Waals surface area contributed by atoms with Gasteiger partial charge in [-0.3, -0.25) is 4.90 Å². The molecule has 2 aliphatic rings. The maximum Gasteiger partial charge on any atom is 0.185 e. The summed E-state index contributed by atoms with van der Waals surface area (Å²) in [5.74, 6) is 0. The number of aromatic nitrogens is 1. The van der Waals surface area contributed by atoms with Crippen LogP contribution in [-0.4, -0.2) is 55.8 Å². The molecule has 120 valence electrons. The quantitative estimate of drug-likeness (QED) is 0.907. The molecule has 2 saturated heterocycles. The van der Waals surface area contributed by atoms with E-state index in [-0.39, 0.29) is 12.4 Å². The van der Waals surface area contributed by atoms with Crippen LogP contribution in [0.1, 0.15) is 18.2 Å². The molecule has 1 aromatic heterocycles. The Labute approximate surface area is 136 Å². The molecule has 0 amide bonds. The Morgan fingerprint density at radius 1 is 1.38 bits per heavy atom. The van der Waals surface area contributed by atoms with E-state index in [0.717, 1.165) is 57.6 Å². The molecule has 1 unspecified atom stereocenters. The molecule has 1 aromatic rings. The molecule has 2 N–H and O–H groups in total. The Morgan fingerprint density at radius 2 is 2.14 bits per heavy atom. The van der Waals surface area contributed by atoms with E-state index in [1.807, 2.05) is 17.5 Å². The van der Waals surface area contributed by atoms with E-state index in [9.17, 15) is 0 Å². The fraction of sp³-hybridized carbons (Fsp3) is 0.786. The number of morpholine rings is 1. The minimum Gasteiger partial charge on any atom is -0.378 e. The second-order valence-electron chi connectivity index (χ2n) is 6.18. The van der Waals surface area contributed by atoms with Crippen molar-refractivity contribution >= 4 is 28.9 Å². The number of nitrogens with two attached hydrogens (primary N) is 1. The number of likely N-dealkylation sites (tertiary alicyclic amines) is 1. The predicted octanol–water partition coefficient (Wildman–Crippen LogP) is 1.57. The highest BCUT2D eigenvalue weighted by molar-refractivity contribution is 7.15. The molecule has 0 aliphatic carbocycles. The largest absolute Gasteiger partial charge is 0.378 e. The summed E-state index contributed by atoms with van der Waals surface area (Å²) >= 11 is 1.82. The van der Waals surface area contributed by atoms with Crippen molar-refractivity contribution < 1.29 is 4.74 Å². The fourth-order valence-corrected chi connectivity index (χ4v) is 3.92. The number of nitrogens with zero attached hydrogens (tertiary/aromatic N) is 3. The molecule has 0 aromatic carbocycles. The average molecular weight is 333 g/mol. The molecule has 3 heterocycles. The molecule has 1 atom stereocenters. The van der Waals surface area contributed by atoms with Crippen LogP contribution in [0.25, 0.3) is 0 Å². The first kappa shape index (κ1) is 17.0. The Balaban J connectivity index is 0.00000161. The van der Waals surface area contributed by atoms with Crippen LogP contribution >= 0.6 is 23.7 Å². The van der Waals surface area contributed by atoms with Gasteiger partial charge in [-0.05, 0) is 24.9 Å². The SMILES string of the molecule is CC1(CN)CCN(Cc2cnc(N3CCOCC3)s2)C1.Cl. The van der Waals surface area contributed by atoms with Crippen LogP contribution in [0.5, 0.6) is 0 Å². The van der Waals surface area contributed by atoms with Crippen LogP contribution in [0.15, 0.2) is 6.20 Å². The molecular weight excluding hydrogens is 308 g/mol. The molecule has 5 nitrogen and oxygen atoms in total. The highest BCUT2D eigenvalue weighted by Crippen LogP contribution is 2.31. The molecule has 0 spiro atoms. The zero-order valence-electron chi connectivity index (χ0n) is 12.6. The minimum atomic E-state index is 0. The molecule has 3 rings (SSSR count). The first-order valence-electron chi connectivity index (χ1n) is 7.38. The second kappa shape index (κ2) is 7.24. The third-order valence-electron chi connectivity index (χ3n) is 4.33. The van der Waals surface area contributed by atoms with Gasteiger partial charge in [0.05, 0.1) is 13.2 Å². The number of hydrogen-bond acceptors (Lipinski definition) is 6. The summed E-state index contributed by atoms with van der Waals surface area (Å²) < 4.78 is 5.39. The van der Waals surface area contributed by atoms with E-state index in [0.29, 0.717) is 5.41 Å². The first-order chi connectivity index (χ1) is 9.68. The van der Waals surface area contributed by atoms with Crippen molar-refractivity contribution in [3.8, 4) is 0 Å². The van der Waals surface area contributed by atoms with Crippen molar-refractivity contribution in [2.24, 2.45) is 11.1 Å². The van der Waals surface area contributed by atoms with Crippen molar-refractivity contribution in [1.82, 2.24) is 9.88 Å². The van der Waals surface area contributed by atoms with Crippen molar-refractivity contribution in [3.63, 3.8) is 0 Å². The van der Waals surface area contributed by atoms with Crippen LogP contribution in [0.3, 0.4) is 0 Å². The lowest BCUT2D eigenvalue weighted by molar-refractivity contribution is 0.122. The van der Waals surface area contributed by atoms with Gasteiger partial charge in [-0.15, -0.1) is 23.7 Å². The van der Waals surface area contributed by atoms with E-state index in [2.05, 4.69) is 21.7 Å². The van der Waals surface area contributed by atoms with Gasteiger partial charge in [0, 0.05) is 37.3 Å². The Bertz CT molecular complexity index is 452. The van der Waals surface area contributed by atoms with Crippen LogP contribution in [-0.2, 0) is 11.3 Å². The van der Waals surface area contributed by atoms with Crippen LogP contribution < -0.4 is 10.6 Å². The van der Waals surface area contributed by atoms with Gasteiger partial charge in [0.2, 0.25) is 0 Å². The lowest BCUT2D eigenvalue weighted by Gasteiger charge is -2.26. The normalized spacial score (nSPS) is 26.9. The van der Waals surface area contributed by atoms with Gasteiger partial charge < -0.3 is 15.4 Å². The smallest absolute Gasteiger partial charge is 0.185 e. The number of halogens is 1. The number of thiazole rings is 1. The van der Waals surface area contributed by atoms with E-state index in [1.165, 1.54) is 11.3 Å². The zero-order chi connectivity index (χ0) is 14.0. The maximum atomic E-state index is 5.87. The molecular formula is C14H25ClN4OS. The number of ether oxygens (including phenoxy) is 1. The average Bonchev–Trinajstić information content (AvgIpc) is 3.08. The van der Waals surface area contributed by atoms with Crippen LogP contribution in [0, 0.1) is 5.41 Å². The van der Waals surface area contributed by atoms with Crippen molar-refractivity contribution in [2.45, 2.75) is 19.9 Å². The highest BCUT2D eigenvalue weighted by Gasteiger charge is 2.32. The Kier molecular flexibility index (Phi) is 5.85. The Morgan fingerprint density at radius 3 is 2.81 bits per heavy atom. The van der Waals surface area contributed by atoms with Crippen LogP contribution in [0.2, 0.25) is 0 Å². The molecule has 0 bridgehead atoms. The van der Waals surface area contributed by atoms with E-state index in [4.69, 9.17) is 10.5 Å². The predicted molar refractivity (Wildman–Crippen MR) is 89.4 cm³/mol. The van der Waals surface area contributed by atoms with Gasteiger partial charge in [-0.25, -0.2) is 4.98 Å². The molecule has 21 heavy (non-hydrogen) atoms. The maximum absolute atomic E-state index is 5.87. The fourth-order valence-electron chi connectivity index (χ4n) is 2.92. The summed E-state index contributed by atoms with van der Waals surface area (Å²) in [5, 5.41) is 1.14. The van der Waals surface area contributed by atoms with Gasteiger partial charge in [0.1, 0.15) is 0 Å². The summed E-state index contributed by atoms with van der Waals surface area (Å²) in [6, 6.07) is 0. The summed E-state index contributed by atoms with van der Waals surface area (Å²) in [5.41, 5.74) is 6.17. The van der Waals surface area contributed by atoms with E-state index in [1.54, 1.807) is 0 Å². The monoisotopic (exact) mass is 332 g/mol. The summed E-state index contributed by atoms with van der Waals surface area (Å²) in [6.07, 6.45) is 3.24. The lowest BCUT2D eigenvalue weighted by Crippen LogP contribution is -2.36. The lowest BCUT2D eigenvalue weighted by atomic mass is 9.90. The van der Waals surface area contributed by atoms with Crippen molar-refractivity contribution in [1.29, 1.82) is 0 Å². The zero-order valence-corrected chi connectivity index (χ0v) is 14.2. The number of hydrogen-bond donors (Lipinski definition) is 1. The number of rotatable bonds is 4. The minimum absolute atomic E-state index is 0. The highest BCUT2D eigenvalue weighted by atomic mass is 35.5. The second-order valence-corrected chi connectivity index (χ2v) is 7.28. The Hall–Kier alpha value is -0.400. The van der Waals surface area contributed by atoms with Crippen LogP contribution in [0.4, 0.5) is 5.13 Å². The molecule has 2 fully saturated rings. The third kappa shape index (κ3) is 4.07. The summed E-state index contributed by atoms with van der Waals surface area (Å²) in [4.78, 5) is 10.8. The standard InChI is InChI=1S/C14H24N4OS.ClH/c1-14(10-15)2-3-17(11-14)9-12-8-16-13(20-12)18-4-6-19-7-5-18;/h8H,2-7,9-11,15H2,1H3;1H. The molecule has 7 heteroatoms. The van der Waals surface area contributed by atoms with Crippen molar-refractivity contribution in [3.05, 3.63) is 11.1 Å². The first-order valence-corrected chi connectivity index (χ1v) is 8.20. The molecule has 0 saturated carbocycles. The number of anilines is 1. The van der Waals surface area contributed by atoms with Gasteiger partial charge in [-0.1, -0.05) is 6.92 Å². The van der Waals surface area contributed by atoms with E-state index >= 15 is 0 Å².